The van der Waals surface area contributed by atoms with Crippen molar-refractivity contribution >= 4 is 29.2 Å². The lowest BCUT2D eigenvalue weighted by molar-refractivity contribution is -0.136. The minimum absolute atomic E-state index is 0.0212. The van der Waals surface area contributed by atoms with Crippen LogP contribution in [0.5, 0.6) is 0 Å². The molecule has 0 radical (unpaired) electrons. The van der Waals surface area contributed by atoms with Crippen LogP contribution >= 0.6 is 11.6 Å². The number of likely N-dealkylation sites (N-methyl/N-ethyl adjacent to an activating group) is 1. The number of hydrogen-bond donors (Lipinski definition) is 2. The van der Waals surface area contributed by atoms with E-state index < -0.39 is 11.8 Å². The minimum Gasteiger partial charge on any atom is -0.368 e. The molecule has 98 valence electrons. The van der Waals surface area contributed by atoms with Crippen LogP contribution in [-0.4, -0.2) is 37.0 Å². The van der Waals surface area contributed by atoms with E-state index in [1.54, 1.807) is 24.1 Å². The zero-order valence-electron chi connectivity index (χ0n) is 9.72. The lowest BCUT2D eigenvalue weighted by Crippen LogP contribution is -2.37. The Morgan fingerprint density at radius 1 is 1.56 bits per heavy atom. The van der Waals surface area contributed by atoms with E-state index in [2.05, 4.69) is 15.3 Å². The van der Waals surface area contributed by atoms with Crippen molar-refractivity contribution in [3.05, 3.63) is 23.4 Å². The summed E-state index contributed by atoms with van der Waals surface area (Å²) >= 11 is 5.70. The number of rotatable bonds is 6. The molecule has 0 aliphatic rings. The molecule has 0 unspecified atom stereocenters. The highest BCUT2D eigenvalue weighted by Crippen LogP contribution is 2.12. The minimum atomic E-state index is -0.664. The molecule has 18 heavy (non-hydrogen) atoms. The largest absolute Gasteiger partial charge is 0.368 e. The van der Waals surface area contributed by atoms with Crippen molar-refractivity contribution in [3.63, 3.8) is 0 Å². The van der Waals surface area contributed by atoms with E-state index in [1.807, 2.05) is 0 Å². The number of pyridine rings is 1. The Morgan fingerprint density at radius 2 is 2.28 bits per heavy atom. The third-order valence-electron chi connectivity index (χ3n) is 1.88. The Kier molecular flexibility index (Phi) is 5.34. The van der Waals surface area contributed by atoms with Crippen molar-refractivity contribution < 1.29 is 14.4 Å². The van der Waals surface area contributed by atoms with Crippen molar-refractivity contribution in [3.8, 4) is 0 Å². The number of aromatic nitrogens is 1. The lowest BCUT2D eigenvalue weighted by atomic mass is 10.4. The fraction of sp³-hybridized carbons (Fsp3) is 0.300. The number of nitrogens with zero attached hydrogens (tertiary/aromatic N) is 2. The molecule has 1 aromatic rings. The Hall–Kier alpha value is -1.86. The number of nitrogens with two attached hydrogens (primary N) is 1. The number of halogens is 1. The third kappa shape index (κ3) is 4.98. The number of anilines is 1. The van der Waals surface area contributed by atoms with E-state index in [4.69, 9.17) is 17.3 Å². The van der Waals surface area contributed by atoms with E-state index in [0.29, 0.717) is 10.8 Å². The molecule has 3 N–H and O–H groups in total. The highest BCUT2D eigenvalue weighted by molar-refractivity contribution is 6.30. The van der Waals surface area contributed by atoms with Gasteiger partial charge in [0, 0.05) is 13.2 Å². The fourth-order valence-corrected chi connectivity index (χ4v) is 1.22. The molecular formula is C10H13ClN4O3. The first-order chi connectivity index (χ1) is 8.49. The second kappa shape index (κ2) is 6.77. The molecule has 0 atom stereocenters. The predicted octanol–water partition coefficient (Wildman–Crippen LogP) is -0.296. The number of primary amides is 1. The number of carbonyl (C=O) groups is 2. The Morgan fingerprint density at radius 3 is 2.83 bits per heavy atom. The van der Waals surface area contributed by atoms with Crippen LogP contribution in [0.3, 0.4) is 0 Å². The maximum atomic E-state index is 11.4. The van der Waals surface area contributed by atoms with Crippen LogP contribution in [0.15, 0.2) is 18.3 Å². The molecule has 1 heterocycles. The van der Waals surface area contributed by atoms with Gasteiger partial charge in [0.25, 0.3) is 5.91 Å². The quantitative estimate of drug-likeness (QED) is 0.693. The molecule has 0 aliphatic heterocycles. The normalized spacial score (nSPS) is 9.89. The van der Waals surface area contributed by atoms with Gasteiger partial charge in [-0.1, -0.05) is 11.6 Å². The van der Waals surface area contributed by atoms with E-state index in [-0.39, 0.29) is 13.2 Å². The molecule has 0 saturated heterocycles. The van der Waals surface area contributed by atoms with Crippen LogP contribution in [-0.2, 0) is 14.4 Å². The van der Waals surface area contributed by atoms with Gasteiger partial charge in [-0.3, -0.25) is 14.4 Å². The number of hydrogen-bond acceptors (Lipinski definition) is 5. The van der Waals surface area contributed by atoms with E-state index in [1.165, 1.54) is 6.20 Å². The fourth-order valence-electron chi connectivity index (χ4n) is 1.11. The van der Waals surface area contributed by atoms with Crippen molar-refractivity contribution in [2.45, 2.75) is 0 Å². The summed E-state index contributed by atoms with van der Waals surface area (Å²) in [6, 6.07) is 3.35. The zero-order chi connectivity index (χ0) is 13.5. The first-order valence-corrected chi connectivity index (χ1v) is 5.38. The average molecular weight is 273 g/mol. The Bertz CT molecular complexity index is 424. The molecule has 1 aromatic heterocycles. The number of hydroxylamine groups is 1. The van der Waals surface area contributed by atoms with Crippen LogP contribution in [0, 0.1) is 0 Å². The first-order valence-electron chi connectivity index (χ1n) is 5.00. The second-order valence-corrected chi connectivity index (χ2v) is 3.91. The Balaban J connectivity index is 2.39. The molecule has 1 rings (SSSR count). The van der Waals surface area contributed by atoms with Gasteiger partial charge in [0.15, 0.2) is 6.61 Å². The molecule has 0 saturated carbocycles. The van der Waals surface area contributed by atoms with Gasteiger partial charge in [0.1, 0.15) is 12.4 Å². The number of nitrogens with one attached hydrogen (secondary N) is 1. The molecule has 7 nitrogen and oxygen atoms in total. The summed E-state index contributed by atoms with van der Waals surface area (Å²) in [6.45, 7) is -0.345. The topological polar surface area (TPSA) is 97.5 Å². The van der Waals surface area contributed by atoms with E-state index in [0.717, 1.165) is 0 Å². The zero-order valence-corrected chi connectivity index (χ0v) is 10.5. The van der Waals surface area contributed by atoms with Gasteiger partial charge in [0.2, 0.25) is 5.91 Å². The van der Waals surface area contributed by atoms with Gasteiger partial charge in [0.05, 0.1) is 5.02 Å². The standard InChI is InChI=1S/C10H13ClN4O3/c1-15(9-3-2-7(11)4-13-9)5-10(17)14-18-6-8(12)16/h2-4H,5-6H2,1H3,(H2,12,16)(H,14,17). The SMILES string of the molecule is CN(CC(=O)NOCC(N)=O)c1ccc(Cl)cn1. The predicted molar refractivity (Wildman–Crippen MR) is 65.8 cm³/mol. The molecule has 0 aliphatic carbocycles. The molecule has 0 fully saturated rings. The first kappa shape index (κ1) is 14.2. The van der Waals surface area contributed by atoms with Crippen molar-refractivity contribution in [1.29, 1.82) is 0 Å². The van der Waals surface area contributed by atoms with Gasteiger partial charge >= 0.3 is 0 Å². The van der Waals surface area contributed by atoms with Gasteiger partial charge in [-0.15, -0.1) is 0 Å². The molecule has 2 amide bonds. The third-order valence-corrected chi connectivity index (χ3v) is 2.11. The average Bonchev–Trinajstić information content (AvgIpc) is 2.29. The van der Waals surface area contributed by atoms with E-state index >= 15 is 0 Å². The van der Waals surface area contributed by atoms with Crippen LogP contribution in [0.2, 0.25) is 5.02 Å². The summed E-state index contributed by atoms with van der Waals surface area (Å²) in [5.74, 6) is -0.497. The smallest absolute Gasteiger partial charge is 0.263 e. The van der Waals surface area contributed by atoms with Crippen LogP contribution in [0.25, 0.3) is 0 Å². The van der Waals surface area contributed by atoms with Crippen molar-refractivity contribution in [2.75, 3.05) is 25.1 Å². The summed E-state index contributed by atoms with van der Waals surface area (Å²) in [7, 11) is 1.68. The molecule has 0 bridgehead atoms. The summed E-state index contributed by atoms with van der Waals surface area (Å²) in [5, 5.41) is 0.515. The van der Waals surface area contributed by atoms with Gasteiger partial charge in [-0.2, -0.15) is 0 Å². The maximum absolute atomic E-state index is 11.4. The van der Waals surface area contributed by atoms with Crippen molar-refractivity contribution in [2.24, 2.45) is 5.73 Å². The molecular weight excluding hydrogens is 260 g/mol. The van der Waals surface area contributed by atoms with E-state index in [9.17, 15) is 9.59 Å². The van der Waals surface area contributed by atoms with Crippen LogP contribution in [0.4, 0.5) is 5.82 Å². The summed E-state index contributed by atoms with van der Waals surface area (Å²) in [5.41, 5.74) is 6.93. The summed E-state index contributed by atoms with van der Waals surface area (Å²) in [6.07, 6.45) is 1.48. The number of amides is 2. The summed E-state index contributed by atoms with van der Waals surface area (Å²) in [4.78, 5) is 32.0. The lowest BCUT2D eigenvalue weighted by Gasteiger charge is -2.17. The van der Waals surface area contributed by atoms with Crippen molar-refractivity contribution in [1.82, 2.24) is 10.5 Å². The Labute approximate surface area is 109 Å². The van der Waals surface area contributed by atoms with Gasteiger partial charge in [-0.05, 0) is 12.1 Å². The number of carbonyl (C=O) groups excluding carboxylic acids is 2. The van der Waals surface area contributed by atoms with Gasteiger partial charge in [-0.25, -0.2) is 10.5 Å². The molecule has 8 heteroatoms. The summed E-state index contributed by atoms with van der Waals surface area (Å²) < 4.78 is 0. The monoisotopic (exact) mass is 272 g/mol. The van der Waals surface area contributed by atoms with Gasteiger partial charge < -0.3 is 10.6 Å². The van der Waals surface area contributed by atoms with Crippen LogP contribution < -0.4 is 16.1 Å². The highest BCUT2D eigenvalue weighted by atomic mass is 35.5. The molecule has 0 aromatic carbocycles. The maximum Gasteiger partial charge on any atom is 0.263 e. The molecule has 0 spiro atoms. The second-order valence-electron chi connectivity index (χ2n) is 3.47. The van der Waals surface area contributed by atoms with Crippen LogP contribution in [0.1, 0.15) is 0 Å². The highest BCUT2D eigenvalue weighted by Gasteiger charge is 2.08.